The van der Waals surface area contributed by atoms with Crippen molar-refractivity contribution in [2.24, 2.45) is 0 Å². The summed E-state index contributed by atoms with van der Waals surface area (Å²) < 4.78 is 0. The molecule has 26 heavy (non-hydrogen) atoms. The van der Waals surface area contributed by atoms with E-state index < -0.39 is 0 Å². The van der Waals surface area contributed by atoms with Gasteiger partial charge in [0.2, 0.25) is 5.82 Å². The lowest BCUT2D eigenvalue weighted by Crippen LogP contribution is -2.33. The van der Waals surface area contributed by atoms with E-state index in [4.69, 9.17) is 0 Å². The van der Waals surface area contributed by atoms with E-state index in [2.05, 4.69) is 35.5 Å². The molecule has 8 nitrogen and oxygen atoms in total. The smallest absolute Gasteiger partial charge is 0.288 e. The first kappa shape index (κ1) is 18.3. The topological polar surface area (TPSA) is 98.8 Å². The number of hydrogen-bond donors (Lipinski definition) is 3. The summed E-state index contributed by atoms with van der Waals surface area (Å²) in [6.07, 6.45) is 1.02. The van der Waals surface area contributed by atoms with Crippen LogP contribution in [0.3, 0.4) is 0 Å². The molecule has 0 bridgehead atoms. The minimum Gasteiger partial charge on any atom is -0.355 e. The van der Waals surface area contributed by atoms with Crippen LogP contribution in [0.2, 0.25) is 0 Å². The lowest BCUT2D eigenvalue weighted by molar-refractivity contribution is 0.0952. The molecule has 0 spiro atoms. The molecule has 2 aromatic rings. The Morgan fingerprint density at radius 1 is 1.19 bits per heavy atom. The summed E-state index contributed by atoms with van der Waals surface area (Å²) in [6, 6.07) is 0.360. The van der Waals surface area contributed by atoms with Gasteiger partial charge in [0.25, 0.3) is 5.91 Å². The molecule has 8 heteroatoms. The van der Waals surface area contributed by atoms with E-state index in [1.165, 1.54) is 0 Å². The molecule has 1 saturated heterocycles. The Balaban J connectivity index is 1.68. The highest BCUT2D eigenvalue weighted by Crippen LogP contribution is 2.24. The second kappa shape index (κ2) is 7.41. The number of hydrogen-bond acceptors (Lipinski definition) is 6. The molecule has 2 aromatic heterocycles. The third-order valence-electron chi connectivity index (χ3n) is 5.02. The molecule has 0 saturated carbocycles. The Morgan fingerprint density at radius 3 is 2.62 bits per heavy atom. The number of aromatic amines is 1. The molecule has 3 heterocycles. The van der Waals surface area contributed by atoms with Gasteiger partial charge < -0.3 is 20.5 Å². The molecule has 0 unspecified atom stereocenters. The number of nitrogens with one attached hydrogen (secondary N) is 3. The average molecular weight is 357 g/mol. The van der Waals surface area contributed by atoms with Crippen molar-refractivity contribution in [2.75, 3.05) is 25.0 Å². The molecule has 1 amide bonds. The Bertz CT molecular complexity index is 795. The molecule has 1 aliphatic heterocycles. The van der Waals surface area contributed by atoms with Crippen LogP contribution < -0.4 is 15.5 Å². The lowest BCUT2D eigenvalue weighted by atomic mass is 10.2. The fourth-order valence-electron chi connectivity index (χ4n) is 3.20. The van der Waals surface area contributed by atoms with Crippen LogP contribution in [0.4, 0.5) is 5.82 Å². The Morgan fingerprint density at radius 2 is 1.96 bits per heavy atom. The monoisotopic (exact) mass is 357 g/mol. The van der Waals surface area contributed by atoms with Crippen LogP contribution in [-0.4, -0.2) is 52.0 Å². The van der Waals surface area contributed by atoms with Gasteiger partial charge in [-0.15, -0.1) is 0 Å². The first-order valence-electron chi connectivity index (χ1n) is 8.96. The Kier molecular flexibility index (Phi) is 5.22. The summed E-state index contributed by atoms with van der Waals surface area (Å²) in [7, 11) is 1.59. The van der Waals surface area contributed by atoms with Crippen LogP contribution in [0.5, 0.6) is 0 Å². The Hall–Kier alpha value is -2.48. The van der Waals surface area contributed by atoms with E-state index in [9.17, 15) is 4.79 Å². The summed E-state index contributed by atoms with van der Waals surface area (Å²) >= 11 is 0. The molecular weight excluding hydrogens is 330 g/mol. The van der Waals surface area contributed by atoms with Crippen LogP contribution in [0.1, 0.15) is 45.5 Å². The molecule has 0 aliphatic carbocycles. The van der Waals surface area contributed by atoms with Crippen molar-refractivity contribution in [3.05, 3.63) is 34.3 Å². The second-order valence-electron chi connectivity index (χ2n) is 6.87. The number of imidazole rings is 1. The summed E-state index contributed by atoms with van der Waals surface area (Å²) in [6.45, 7) is 10.4. The number of carbonyl (C=O) groups excluding carboxylic acids is 1. The SMILES string of the molecule is CNC(=O)c1nc(C)c(C)c(N2CC[C@@H](NCc3nc(C)c(C)[nH]3)C2)n1. The quantitative estimate of drug-likeness (QED) is 0.743. The van der Waals surface area contributed by atoms with Crippen molar-refractivity contribution in [2.45, 2.75) is 46.7 Å². The van der Waals surface area contributed by atoms with Gasteiger partial charge in [0.1, 0.15) is 11.6 Å². The molecule has 140 valence electrons. The predicted octanol–water partition coefficient (Wildman–Crippen LogP) is 1.16. The summed E-state index contributed by atoms with van der Waals surface area (Å²) in [5, 5.41) is 6.16. The highest BCUT2D eigenvalue weighted by atomic mass is 16.2. The minimum absolute atomic E-state index is 0.226. The van der Waals surface area contributed by atoms with Gasteiger partial charge in [-0.2, -0.15) is 0 Å². The van der Waals surface area contributed by atoms with Gasteiger partial charge in [-0.05, 0) is 34.1 Å². The third-order valence-corrected chi connectivity index (χ3v) is 5.02. The number of aryl methyl sites for hydroxylation is 3. The van der Waals surface area contributed by atoms with Crippen LogP contribution in [0.25, 0.3) is 0 Å². The zero-order valence-electron chi connectivity index (χ0n) is 16.1. The number of rotatable bonds is 5. The first-order chi connectivity index (χ1) is 12.4. The maximum Gasteiger partial charge on any atom is 0.288 e. The zero-order chi connectivity index (χ0) is 18.8. The highest BCUT2D eigenvalue weighted by Gasteiger charge is 2.26. The van der Waals surface area contributed by atoms with Gasteiger partial charge in [-0.25, -0.2) is 15.0 Å². The molecule has 1 fully saturated rings. The van der Waals surface area contributed by atoms with Crippen molar-refractivity contribution >= 4 is 11.7 Å². The number of amides is 1. The molecule has 3 N–H and O–H groups in total. The van der Waals surface area contributed by atoms with Crippen molar-refractivity contribution in [1.82, 2.24) is 30.6 Å². The highest BCUT2D eigenvalue weighted by molar-refractivity contribution is 5.90. The van der Waals surface area contributed by atoms with E-state index in [-0.39, 0.29) is 11.7 Å². The largest absolute Gasteiger partial charge is 0.355 e. The van der Waals surface area contributed by atoms with E-state index in [0.717, 1.165) is 60.3 Å². The summed E-state index contributed by atoms with van der Waals surface area (Å²) in [5.74, 6) is 1.79. The van der Waals surface area contributed by atoms with E-state index >= 15 is 0 Å². The summed E-state index contributed by atoms with van der Waals surface area (Å²) in [5.41, 5.74) is 4.02. The van der Waals surface area contributed by atoms with Crippen molar-refractivity contribution in [1.29, 1.82) is 0 Å². The van der Waals surface area contributed by atoms with Gasteiger partial charge >= 0.3 is 0 Å². The van der Waals surface area contributed by atoms with E-state index in [1.54, 1.807) is 7.05 Å². The molecule has 1 atom stereocenters. The van der Waals surface area contributed by atoms with Crippen LogP contribution in [0.15, 0.2) is 0 Å². The molecule has 1 aliphatic rings. The van der Waals surface area contributed by atoms with Crippen molar-refractivity contribution in [3.63, 3.8) is 0 Å². The van der Waals surface area contributed by atoms with Gasteiger partial charge in [-0.1, -0.05) is 0 Å². The minimum atomic E-state index is -0.258. The van der Waals surface area contributed by atoms with Crippen molar-refractivity contribution < 1.29 is 4.79 Å². The van der Waals surface area contributed by atoms with Gasteiger partial charge in [-0.3, -0.25) is 4.79 Å². The fourth-order valence-corrected chi connectivity index (χ4v) is 3.20. The first-order valence-corrected chi connectivity index (χ1v) is 8.96. The van der Waals surface area contributed by atoms with Crippen LogP contribution >= 0.6 is 0 Å². The summed E-state index contributed by atoms with van der Waals surface area (Å²) in [4.78, 5) is 30.8. The number of nitrogens with zero attached hydrogens (tertiary/aromatic N) is 4. The standard InChI is InChI=1S/C18H27N7O/c1-10-11(2)23-16(18(26)19-5)24-17(10)25-7-6-14(9-25)20-8-15-21-12(3)13(4)22-15/h14,20H,6-9H2,1-5H3,(H,19,26)(H,21,22)/t14-/m1/s1. The van der Waals surface area contributed by atoms with Gasteiger partial charge in [0, 0.05) is 43.1 Å². The van der Waals surface area contributed by atoms with Gasteiger partial charge in [0.15, 0.2) is 0 Å². The fraction of sp³-hybridized carbons (Fsp3) is 0.556. The van der Waals surface area contributed by atoms with Crippen molar-refractivity contribution in [3.8, 4) is 0 Å². The molecule has 0 aromatic carbocycles. The number of anilines is 1. The van der Waals surface area contributed by atoms with E-state index in [1.807, 2.05) is 27.7 Å². The second-order valence-corrected chi connectivity index (χ2v) is 6.87. The maximum absolute atomic E-state index is 11.9. The number of carbonyl (C=O) groups is 1. The Labute approximate surface area is 153 Å². The average Bonchev–Trinajstić information content (AvgIpc) is 3.21. The lowest BCUT2D eigenvalue weighted by Gasteiger charge is -2.21. The maximum atomic E-state index is 11.9. The zero-order valence-corrected chi connectivity index (χ0v) is 16.1. The van der Waals surface area contributed by atoms with Crippen LogP contribution in [0, 0.1) is 27.7 Å². The molecule has 3 rings (SSSR count). The normalized spacial score (nSPS) is 17.0. The number of H-pyrrole nitrogens is 1. The number of aromatic nitrogens is 4. The molecule has 0 radical (unpaired) electrons. The predicted molar refractivity (Wildman–Crippen MR) is 100 cm³/mol. The van der Waals surface area contributed by atoms with Crippen LogP contribution in [-0.2, 0) is 6.54 Å². The van der Waals surface area contributed by atoms with Gasteiger partial charge in [0.05, 0.1) is 12.2 Å². The third kappa shape index (κ3) is 3.70. The van der Waals surface area contributed by atoms with E-state index in [0.29, 0.717) is 6.04 Å². The molecular formula is C18H27N7O.